The van der Waals surface area contributed by atoms with E-state index < -0.39 is 0 Å². The van der Waals surface area contributed by atoms with Gasteiger partial charge in [0.15, 0.2) is 11.5 Å². The van der Waals surface area contributed by atoms with Crippen LogP contribution in [-0.4, -0.2) is 60.8 Å². The van der Waals surface area contributed by atoms with E-state index in [1.165, 1.54) is 5.57 Å². The molecule has 36 heavy (non-hydrogen) atoms. The molecule has 186 valence electrons. The summed E-state index contributed by atoms with van der Waals surface area (Å²) >= 11 is 0. The average Bonchev–Trinajstić information content (AvgIpc) is 3.19. The Balaban J connectivity index is 1.11. The second-order valence-electron chi connectivity index (χ2n) is 10.0. The number of nitrogens with zero attached hydrogens (tertiary/aromatic N) is 3. The zero-order chi connectivity index (χ0) is 24.7. The molecule has 1 amide bonds. The van der Waals surface area contributed by atoms with Crippen molar-refractivity contribution in [1.82, 2.24) is 14.9 Å². The lowest BCUT2D eigenvalue weighted by Gasteiger charge is -2.55. The van der Waals surface area contributed by atoms with Crippen molar-refractivity contribution in [2.45, 2.75) is 26.2 Å². The Morgan fingerprint density at radius 3 is 2.78 bits per heavy atom. The third-order valence-electron chi connectivity index (χ3n) is 7.06. The SMILES string of the molecule is COc1cc2c(Oc3cnc4c(c3)C=C(C)C4)ccnc2cc1OCCCC(=O)N1CC2(COC2)C1. The third kappa shape index (κ3) is 4.26. The number of hydrogen-bond acceptors (Lipinski definition) is 7. The average molecular weight is 488 g/mol. The Kier molecular flexibility index (Phi) is 5.76. The molecular weight excluding hydrogens is 458 g/mol. The lowest BCUT2D eigenvalue weighted by Crippen LogP contribution is -2.67. The summed E-state index contributed by atoms with van der Waals surface area (Å²) in [7, 11) is 1.61. The molecule has 2 aliphatic heterocycles. The number of allylic oxidation sites excluding steroid dienone is 1. The second kappa shape index (κ2) is 9.09. The fourth-order valence-electron chi connectivity index (χ4n) is 5.09. The first kappa shape index (κ1) is 22.8. The minimum Gasteiger partial charge on any atom is -0.493 e. The fourth-order valence-corrected chi connectivity index (χ4v) is 5.09. The Morgan fingerprint density at radius 2 is 2.00 bits per heavy atom. The minimum atomic E-state index is 0.178. The van der Waals surface area contributed by atoms with E-state index in [1.807, 2.05) is 29.2 Å². The Labute approximate surface area is 209 Å². The van der Waals surface area contributed by atoms with Gasteiger partial charge in [0, 0.05) is 43.6 Å². The highest BCUT2D eigenvalue weighted by atomic mass is 16.5. The van der Waals surface area contributed by atoms with E-state index in [0.717, 1.165) is 54.9 Å². The van der Waals surface area contributed by atoms with Gasteiger partial charge in [0.25, 0.3) is 0 Å². The predicted molar refractivity (Wildman–Crippen MR) is 135 cm³/mol. The molecule has 6 rings (SSSR count). The standard InChI is InChI=1S/C28H29N3O5/c1-18-8-19-10-20(13-30-22(19)9-18)36-24-5-6-29-23-12-26(25(33-2)11-21(23)24)35-7-3-4-27(32)31-14-28(15-31)16-34-17-28/h5-6,8,10-13H,3-4,7,9,14-17H2,1-2H3. The molecule has 1 aromatic carbocycles. The van der Waals surface area contributed by atoms with E-state index in [0.29, 0.717) is 42.4 Å². The summed E-state index contributed by atoms with van der Waals surface area (Å²) in [5.41, 5.74) is 4.45. The highest BCUT2D eigenvalue weighted by Gasteiger charge is 2.50. The molecule has 0 radical (unpaired) electrons. The number of fused-ring (bicyclic) bond motifs is 2. The lowest BCUT2D eigenvalue weighted by molar-refractivity contribution is -0.195. The van der Waals surface area contributed by atoms with Gasteiger partial charge in [-0.1, -0.05) is 11.6 Å². The summed E-state index contributed by atoms with van der Waals surface area (Å²) in [6.07, 6.45) is 7.60. The van der Waals surface area contributed by atoms with Crippen LogP contribution in [0.25, 0.3) is 17.0 Å². The molecule has 3 aliphatic rings. The second-order valence-corrected chi connectivity index (χ2v) is 10.0. The number of benzene rings is 1. The van der Waals surface area contributed by atoms with Crippen molar-refractivity contribution in [1.29, 1.82) is 0 Å². The van der Waals surface area contributed by atoms with Crippen molar-refractivity contribution in [3.63, 3.8) is 0 Å². The largest absolute Gasteiger partial charge is 0.493 e. The summed E-state index contributed by atoms with van der Waals surface area (Å²) in [6.45, 7) is 5.72. The summed E-state index contributed by atoms with van der Waals surface area (Å²) in [5.74, 6) is 2.70. The third-order valence-corrected chi connectivity index (χ3v) is 7.06. The Bertz CT molecular complexity index is 1360. The zero-order valence-electron chi connectivity index (χ0n) is 20.6. The van der Waals surface area contributed by atoms with Gasteiger partial charge in [-0.3, -0.25) is 14.8 Å². The number of amides is 1. The van der Waals surface area contributed by atoms with Gasteiger partial charge in [0.1, 0.15) is 11.5 Å². The summed E-state index contributed by atoms with van der Waals surface area (Å²) in [6, 6.07) is 7.58. The van der Waals surface area contributed by atoms with Crippen molar-refractivity contribution < 1.29 is 23.7 Å². The van der Waals surface area contributed by atoms with Crippen molar-refractivity contribution in [2.75, 3.05) is 40.0 Å². The van der Waals surface area contributed by atoms with Crippen molar-refractivity contribution >= 4 is 22.9 Å². The molecule has 1 aliphatic carbocycles. The van der Waals surface area contributed by atoms with E-state index in [4.69, 9.17) is 18.9 Å². The van der Waals surface area contributed by atoms with Crippen LogP contribution in [0.5, 0.6) is 23.0 Å². The molecule has 2 saturated heterocycles. The van der Waals surface area contributed by atoms with E-state index in [1.54, 1.807) is 19.5 Å². The number of likely N-dealkylation sites (tertiary alicyclic amines) is 1. The molecular formula is C28H29N3O5. The number of ether oxygens (including phenoxy) is 4. The quantitative estimate of drug-likeness (QED) is 0.435. The van der Waals surface area contributed by atoms with Crippen molar-refractivity contribution in [2.24, 2.45) is 5.41 Å². The van der Waals surface area contributed by atoms with Crippen LogP contribution in [0, 0.1) is 5.41 Å². The first-order valence-electron chi connectivity index (χ1n) is 12.3. The minimum absolute atomic E-state index is 0.178. The molecule has 0 atom stereocenters. The number of aromatic nitrogens is 2. The molecule has 8 nitrogen and oxygen atoms in total. The highest BCUT2D eigenvalue weighted by molar-refractivity contribution is 5.88. The number of methoxy groups -OCH3 is 1. The molecule has 1 spiro atoms. The molecule has 0 unspecified atom stereocenters. The first-order chi connectivity index (χ1) is 17.5. The molecule has 0 N–H and O–H groups in total. The number of rotatable bonds is 8. The molecule has 0 saturated carbocycles. The van der Waals surface area contributed by atoms with Gasteiger partial charge < -0.3 is 23.8 Å². The lowest BCUT2D eigenvalue weighted by atomic mass is 9.78. The van der Waals surface area contributed by atoms with Crippen LogP contribution >= 0.6 is 0 Å². The van der Waals surface area contributed by atoms with Crippen LogP contribution < -0.4 is 14.2 Å². The first-order valence-corrected chi connectivity index (χ1v) is 12.3. The normalized spacial score (nSPS) is 17.3. The highest BCUT2D eigenvalue weighted by Crippen LogP contribution is 2.39. The molecule has 8 heteroatoms. The maximum Gasteiger partial charge on any atom is 0.222 e. The van der Waals surface area contributed by atoms with E-state index in [9.17, 15) is 4.79 Å². The van der Waals surface area contributed by atoms with Crippen LogP contribution in [0.4, 0.5) is 0 Å². The van der Waals surface area contributed by atoms with Crippen molar-refractivity contribution in [3.8, 4) is 23.0 Å². The fraction of sp³-hybridized carbons (Fsp3) is 0.393. The van der Waals surface area contributed by atoms with Gasteiger partial charge in [-0.25, -0.2) is 0 Å². The van der Waals surface area contributed by atoms with Crippen LogP contribution in [0.1, 0.15) is 31.0 Å². The smallest absolute Gasteiger partial charge is 0.222 e. The number of carbonyl (C=O) groups excluding carboxylic acids is 1. The van der Waals surface area contributed by atoms with Crippen LogP contribution in [-0.2, 0) is 16.0 Å². The van der Waals surface area contributed by atoms with Gasteiger partial charge in [0.2, 0.25) is 5.91 Å². The molecule has 2 fully saturated rings. The molecule has 4 heterocycles. The summed E-state index contributed by atoms with van der Waals surface area (Å²) < 4.78 is 23.1. The Hall–Kier alpha value is -3.65. The maximum atomic E-state index is 12.4. The summed E-state index contributed by atoms with van der Waals surface area (Å²) in [5, 5.41) is 0.816. The van der Waals surface area contributed by atoms with E-state index in [2.05, 4.69) is 23.0 Å². The molecule has 3 aromatic rings. The van der Waals surface area contributed by atoms with E-state index >= 15 is 0 Å². The summed E-state index contributed by atoms with van der Waals surface area (Å²) in [4.78, 5) is 23.4. The maximum absolute atomic E-state index is 12.4. The van der Waals surface area contributed by atoms with Gasteiger partial charge in [-0.2, -0.15) is 0 Å². The van der Waals surface area contributed by atoms with Gasteiger partial charge in [0.05, 0.1) is 49.8 Å². The van der Waals surface area contributed by atoms with Gasteiger partial charge in [-0.05, 0) is 37.1 Å². The number of pyridine rings is 2. The van der Waals surface area contributed by atoms with Crippen LogP contribution in [0.15, 0.2) is 42.2 Å². The molecule has 0 bridgehead atoms. The molecule has 2 aromatic heterocycles. The van der Waals surface area contributed by atoms with Crippen LogP contribution in [0.3, 0.4) is 0 Å². The Morgan fingerprint density at radius 1 is 1.14 bits per heavy atom. The van der Waals surface area contributed by atoms with Gasteiger partial charge in [-0.15, -0.1) is 0 Å². The predicted octanol–water partition coefficient (Wildman–Crippen LogP) is 4.41. The zero-order valence-corrected chi connectivity index (χ0v) is 20.6. The topological polar surface area (TPSA) is 83.0 Å². The number of carbonyl (C=O) groups is 1. The van der Waals surface area contributed by atoms with Gasteiger partial charge >= 0.3 is 0 Å². The van der Waals surface area contributed by atoms with Crippen LogP contribution in [0.2, 0.25) is 0 Å². The monoisotopic (exact) mass is 487 g/mol. The number of hydrogen-bond donors (Lipinski definition) is 0. The van der Waals surface area contributed by atoms with Crippen molar-refractivity contribution in [3.05, 3.63) is 53.5 Å². The van der Waals surface area contributed by atoms with E-state index in [-0.39, 0.29) is 11.3 Å².